The number of likely N-dealkylation sites (tertiary alicyclic amines) is 1. The fourth-order valence-corrected chi connectivity index (χ4v) is 3.28. The first-order chi connectivity index (χ1) is 10.9. The summed E-state index contributed by atoms with van der Waals surface area (Å²) in [5, 5.41) is 0. The van der Waals surface area contributed by atoms with Crippen molar-refractivity contribution < 1.29 is 4.79 Å². The zero-order valence-electron chi connectivity index (χ0n) is 14.6. The summed E-state index contributed by atoms with van der Waals surface area (Å²) in [5.41, 5.74) is 2.06. The Morgan fingerprint density at radius 2 is 1.83 bits per heavy atom. The topological polar surface area (TPSA) is 49.3 Å². The lowest BCUT2D eigenvalue weighted by atomic mass is 9.95. The van der Waals surface area contributed by atoms with Crippen molar-refractivity contribution in [3.05, 3.63) is 23.3 Å². The third kappa shape index (κ3) is 3.89. The molecule has 2 aliphatic rings. The Hall–Kier alpha value is -1.49. The fourth-order valence-electron chi connectivity index (χ4n) is 3.28. The van der Waals surface area contributed by atoms with Gasteiger partial charge in [0.25, 0.3) is 0 Å². The standard InChI is InChI=1S/C18H28N4O/c1-18(2,3)17-19-10-14-11-22(12-15(14)20-17)16(23)13-21-8-6-4-5-7-9-21/h10H,4-9,11-13H2,1-3H3. The summed E-state index contributed by atoms with van der Waals surface area (Å²) in [7, 11) is 0. The normalized spacial score (nSPS) is 19.5. The first-order valence-electron chi connectivity index (χ1n) is 8.79. The van der Waals surface area contributed by atoms with Gasteiger partial charge in [0.15, 0.2) is 0 Å². The molecular weight excluding hydrogens is 288 g/mol. The highest BCUT2D eigenvalue weighted by Gasteiger charge is 2.28. The van der Waals surface area contributed by atoms with Crippen LogP contribution in [0.3, 0.4) is 0 Å². The fraction of sp³-hybridized carbons (Fsp3) is 0.722. The summed E-state index contributed by atoms with van der Waals surface area (Å²) in [5.74, 6) is 1.08. The molecule has 0 N–H and O–H groups in total. The molecule has 126 valence electrons. The molecule has 3 heterocycles. The van der Waals surface area contributed by atoms with Crippen LogP contribution in [0.15, 0.2) is 6.20 Å². The largest absolute Gasteiger partial charge is 0.331 e. The van der Waals surface area contributed by atoms with Gasteiger partial charge in [-0.3, -0.25) is 9.69 Å². The predicted molar refractivity (Wildman–Crippen MR) is 89.9 cm³/mol. The molecule has 1 fully saturated rings. The molecule has 3 rings (SSSR count). The van der Waals surface area contributed by atoms with E-state index < -0.39 is 0 Å². The zero-order valence-corrected chi connectivity index (χ0v) is 14.6. The number of hydrogen-bond donors (Lipinski definition) is 0. The maximum Gasteiger partial charge on any atom is 0.237 e. The summed E-state index contributed by atoms with van der Waals surface area (Å²) in [6.45, 7) is 10.3. The van der Waals surface area contributed by atoms with E-state index >= 15 is 0 Å². The molecule has 0 radical (unpaired) electrons. The predicted octanol–water partition coefficient (Wildman–Crippen LogP) is 2.49. The van der Waals surface area contributed by atoms with Crippen LogP contribution >= 0.6 is 0 Å². The summed E-state index contributed by atoms with van der Waals surface area (Å²) < 4.78 is 0. The second kappa shape index (κ2) is 6.56. The molecule has 0 saturated carbocycles. The van der Waals surface area contributed by atoms with Gasteiger partial charge in [-0.25, -0.2) is 9.97 Å². The molecule has 0 unspecified atom stereocenters. The van der Waals surface area contributed by atoms with E-state index in [0.717, 1.165) is 30.2 Å². The minimum Gasteiger partial charge on any atom is -0.331 e. The highest BCUT2D eigenvalue weighted by Crippen LogP contribution is 2.24. The molecule has 23 heavy (non-hydrogen) atoms. The average molecular weight is 316 g/mol. The van der Waals surface area contributed by atoms with Gasteiger partial charge in [-0.05, 0) is 25.9 Å². The van der Waals surface area contributed by atoms with Crippen LogP contribution in [0.4, 0.5) is 0 Å². The molecule has 0 atom stereocenters. The number of rotatable bonds is 2. The van der Waals surface area contributed by atoms with Crippen molar-refractivity contribution in [3.63, 3.8) is 0 Å². The van der Waals surface area contributed by atoms with Crippen molar-refractivity contribution in [1.82, 2.24) is 19.8 Å². The Balaban J connectivity index is 1.63. The monoisotopic (exact) mass is 316 g/mol. The molecule has 2 aliphatic heterocycles. The van der Waals surface area contributed by atoms with Gasteiger partial charge in [-0.2, -0.15) is 0 Å². The van der Waals surface area contributed by atoms with E-state index in [2.05, 4.69) is 30.7 Å². The van der Waals surface area contributed by atoms with Crippen LogP contribution in [0.25, 0.3) is 0 Å². The molecule has 5 heteroatoms. The van der Waals surface area contributed by atoms with Gasteiger partial charge in [0.2, 0.25) is 5.91 Å². The highest BCUT2D eigenvalue weighted by atomic mass is 16.2. The van der Waals surface area contributed by atoms with Crippen molar-refractivity contribution >= 4 is 5.91 Å². The van der Waals surface area contributed by atoms with Gasteiger partial charge in [-0.1, -0.05) is 33.6 Å². The Morgan fingerprint density at radius 3 is 2.48 bits per heavy atom. The third-order valence-electron chi connectivity index (χ3n) is 4.74. The van der Waals surface area contributed by atoms with Crippen LogP contribution in [0.2, 0.25) is 0 Å². The number of fused-ring (bicyclic) bond motifs is 1. The molecule has 1 aromatic rings. The second-order valence-corrected chi connectivity index (χ2v) is 7.86. The number of aromatic nitrogens is 2. The van der Waals surface area contributed by atoms with Crippen molar-refractivity contribution in [2.75, 3.05) is 19.6 Å². The Kier molecular flexibility index (Phi) is 4.67. The van der Waals surface area contributed by atoms with E-state index in [1.807, 2.05) is 11.1 Å². The number of nitrogens with zero attached hydrogens (tertiary/aromatic N) is 4. The number of hydrogen-bond acceptors (Lipinski definition) is 4. The molecule has 1 saturated heterocycles. The van der Waals surface area contributed by atoms with Crippen molar-refractivity contribution in [3.8, 4) is 0 Å². The number of carbonyl (C=O) groups excluding carboxylic acids is 1. The smallest absolute Gasteiger partial charge is 0.237 e. The molecule has 1 amide bonds. The number of amides is 1. The molecule has 0 aliphatic carbocycles. The van der Waals surface area contributed by atoms with Crippen LogP contribution in [-0.2, 0) is 23.3 Å². The first-order valence-corrected chi connectivity index (χ1v) is 8.79. The van der Waals surface area contributed by atoms with E-state index in [0.29, 0.717) is 19.6 Å². The minimum absolute atomic E-state index is 0.0570. The van der Waals surface area contributed by atoms with Crippen molar-refractivity contribution in [2.24, 2.45) is 0 Å². The maximum absolute atomic E-state index is 12.6. The van der Waals surface area contributed by atoms with Gasteiger partial charge in [0, 0.05) is 23.7 Å². The van der Waals surface area contributed by atoms with Gasteiger partial charge >= 0.3 is 0 Å². The van der Waals surface area contributed by atoms with Gasteiger partial charge in [0.1, 0.15) is 5.82 Å². The van der Waals surface area contributed by atoms with Gasteiger partial charge in [0.05, 0.1) is 18.8 Å². The van der Waals surface area contributed by atoms with Crippen molar-refractivity contribution in [1.29, 1.82) is 0 Å². The van der Waals surface area contributed by atoms with Crippen LogP contribution in [0, 0.1) is 0 Å². The van der Waals surface area contributed by atoms with Crippen LogP contribution in [-0.4, -0.2) is 45.3 Å². The molecular formula is C18H28N4O. The third-order valence-corrected chi connectivity index (χ3v) is 4.74. The van der Waals surface area contributed by atoms with E-state index in [1.165, 1.54) is 25.7 Å². The van der Waals surface area contributed by atoms with E-state index in [9.17, 15) is 4.79 Å². The lowest BCUT2D eigenvalue weighted by Gasteiger charge is -2.23. The summed E-state index contributed by atoms with van der Waals surface area (Å²) in [6, 6.07) is 0. The van der Waals surface area contributed by atoms with Gasteiger partial charge in [-0.15, -0.1) is 0 Å². The first kappa shape index (κ1) is 16.4. The van der Waals surface area contributed by atoms with Crippen LogP contribution in [0.5, 0.6) is 0 Å². The van der Waals surface area contributed by atoms with Gasteiger partial charge < -0.3 is 4.90 Å². The van der Waals surface area contributed by atoms with Crippen molar-refractivity contribution in [2.45, 2.75) is 65.0 Å². The molecule has 0 spiro atoms. The van der Waals surface area contributed by atoms with E-state index in [1.54, 1.807) is 0 Å². The SMILES string of the molecule is CC(C)(C)c1ncc2c(n1)CN(C(=O)CN1CCCCCC1)C2. The minimum atomic E-state index is -0.0570. The Labute approximate surface area is 139 Å². The molecule has 0 aromatic carbocycles. The summed E-state index contributed by atoms with van der Waals surface area (Å²) in [6.07, 6.45) is 6.93. The second-order valence-electron chi connectivity index (χ2n) is 7.86. The molecule has 5 nitrogen and oxygen atoms in total. The van der Waals surface area contributed by atoms with E-state index in [4.69, 9.17) is 4.98 Å². The summed E-state index contributed by atoms with van der Waals surface area (Å²) >= 11 is 0. The maximum atomic E-state index is 12.6. The Morgan fingerprint density at radius 1 is 1.13 bits per heavy atom. The highest BCUT2D eigenvalue weighted by molar-refractivity contribution is 5.78. The summed E-state index contributed by atoms with van der Waals surface area (Å²) in [4.78, 5) is 26.0. The lowest BCUT2D eigenvalue weighted by Crippen LogP contribution is -2.38. The van der Waals surface area contributed by atoms with Crippen LogP contribution < -0.4 is 0 Å². The quantitative estimate of drug-likeness (QED) is 0.841. The van der Waals surface area contributed by atoms with E-state index in [-0.39, 0.29) is 11.3 Å². The average Bonchev–Trinajstić information content (AvgIpc) is 2.76. The Bertz CT molecular complexity index is 571. The molecule has 1 aromatic heterocycles. The van der Waals surface area contributed by atoms with Crippen LogP contribution in [0.1, 0.15) is 63.5 Å². The molecule has 0 bridgehead atoms. The number of carbonyl (C=O) groups is 1. The lowest BCUT2D eigenvalue weighted by molar-refractivity contribution is -0.133. The zero-order chi connectivity index (χ0) is 16.4.